The molecule has 1 aliphatic heterocycles. The second kappa shape index (κ2) is 11.6. The highest BCUT2D eigenvalue weighted by Gasteiger charge is 2.51. The Morgan fingerprint density at radius 1 is 1.13 bits per heavy atom. The van der Waals surface area contributed by atoms with Gasteiger partial charge in [0, 0.05) is 17.5 Å². The summed E-state index contributed by atoms with van der Waals surface area (Å²) in [4.78, 5) is 31.8. The normalized spacial score (nSPS) is 20.4. The van der Waals surface area contributed by atoms with Crippen LogP contribution >= 0.6 is 11.3 Å². The minimum absolute atomic E-state index is 0.0514. The van der Waals surface area contributed by atoms with E-state index in [1.54, 1.807) is 17.4 Å². The number of aryl methyl sites for hydroxylation is 1. The molecule has 3 aromatic rings. The molecule has 1 saturated carbocycles. The van der Waals surface area contributed by atoms with E-state index < -0.39 is 5.54 Å². The summed E-state index contributed by atoms with van der Waals surface area (Å²) in [5.74, 6) is -0.139. The fourth-order valence-corrected chi connectivity index (χ4v) is 6.84. The van der Waals surface area contributed by atoms with Crippen LogP contribution in [0.2, 0.25) is 0 Å². The molecule has 1 atom stereocenters. The van der Waals surface area contributed by atoms with Crippen LogP contribution in [0.5, 0.6) is 0 Å². The van der Waals surface area contributed by atoms with Crippen LogP contribution < -0.4 is 5.32 Å². The van der Waals surface area contributed by atoms with E-state index in [4.69, 9.17) is 0 Å². The average molecular weight is 528 g/mol. The minimum atomic E-state index is -1.05. The minimum Gasteiger partial charge on any atom is -0.351 e. The number of hydrogen-bond acceptors (Lipinski definition) is 3. The smallest absolute Gasteiger partial charge is 0.271 e. The summed E-state index contributed by atoms with van der Waals surface area (Å²) in [7, 11) is 0. The summed E-state index contributed by atoms with van der Waals surface area (Å²) >= 11 is 1.74. The summed E-state index contributed by atoms with van der Waals surface area (Å²) in [6, 6.07) is 14.4. The topological polar surface area (TPSA) is 54.3 Å². The van der Waals surface area contributed by atoms with E-state index in [0.717, 1.165) is 47.9 Å². The molecule has 2 amide bonds. The molecule has 1 aromatic carbocycles. The first-order valence-electron chi connectivity index (χ1n) is 13.8. The molecule has 0 saturated heterocycles. The molecule has 1 N–H and O–H groups in total. The van der Waals surface area contributed by atoms with Crippen LogP contribution in [0.25, 0.3) is 10.2 Å². The number of allylic oxidation sites excluding steroid dienone is 4. The number of carbonyl (C=O) groups is 2. The third kappa shape index (κ3) is 5.14. The number of nitrogens with zero attached hydrogens (tertiary/aromatic N) is 2. The maximum absolute atomic E-state index is 14.4. The number of aromatic nitrogens is 1. The van der Waals surface area contributed by atoms with Gasteiger partial charge in [0.05, 0.1) is 16.8 Å². The Kier molecular flexibility index (Phi) is 7.98. The van der Waals surface area contributed by atoms with Crippen LogP contribution in [0.4, 0.5) is 0 Å². The number of benzene rings is 1. The van der Waals surface area contributed by atoms with Crippen LogP contribution in [-0.2, 0) is 24.3 Å². The molecule has 2 aliphatic rings. The summed E-state index contributed by atoms with van der Waals surface area (Å²) in [5.41, 5.74) is 1.69. The number of carbonyl (C=O) groups excluding carboxylic acids is 2. The zero-order chi connectivity index (χ0) is 26.5. The molecule has 1 aliphatic carbocycles. The van der Waals surface area contributed by atoms with Crippen molar-refractivity contribution in [3.8, 4) is 0 Å². The van der Waals surface area contributed by atoms with Crippen molar-refractivity contribution >= 4 is 33.4 Å². The lowest BCUT2D eigenvalue weighted by Crippen LogP contribution is -2.66. The lowest BCUT2D eigenvalue weighted by atomic mass is 9.86. The van der Waals surface area contributed by atoms with Crippen LogP contribution in [0, 0.1) is 0 Å². The highest BCUT2D eigenvalue weighted by atomic mass is 32.1. The van der Waals surface area contributed by atoms with Gasteiger partial charge in [0.2, 0.25) is 5.91 Å². The van der Waals surface area contributed by atoms with Crippen molar-refractivity contribution in [2.75, 3.05) is 0 Å². The van der Waals surface area contributed by atoms with Crippen molar-refractivity contribution in [1.29, 1.82) is 0 Å². The molecule has 3 heterocycles. The summed E-state index contributed by atoms with van der Waals surface area (Å²) in [5, 5.41) is 3.39. The lowest BCUT2D eigenvalue weighted by molar-refractivity contribution is -0.135. The molecule has 38 heavy (non-hydrogen) atoms. The van der Waals surface area contributed by atoms with E-state index in [1.165, 1.54) is 11.3 Å². The summed E-state index contributed by atoms with van der Waals surface area (Å²) in [6.07, 6.45) is 16.3. The highest BCUT2D eigenvalue weighted by Crippen LogP contribution is 2.39. The molecule has 0 radical (unpaired) electrons. The Hall–Kier alpha value is -3.38. The number of rotatable bonds is 9. The lowest BCUT2D eigenvalue weighted by Gasteiger charge is -2.46. The van der Waals surface area contributed by atoms with Gasteiger partial charge in [-0.05, 0) is 43.4 Å². The number of amides is 2. The Morgan fingerprint density at radius 3 is 2.66 bits per heavy atom. The Balaban J connectivity index is 1.61. The second-order valence-electron chi connectivity index (χ2n) is 10.4. The van der Waals surface area contributed by atoms with Crippen molar-refractivity contribution in [2.24, 2.45) is 0 Å². The van der Waals surface area contributed by atoms with Gasteiger partial charge in [0.1, 0.15) is 11.2 Å². The van der Waals surface area contributed by atoms with Crippen LogP contribution in [0.3, 0.4) is 0 Å². The van der Waals surface area contributed by atoms with Gasteiger partial charge >= 0.3 is 0 Å². The van der Waals surface area contributed by atoms with Crippen molar-refractivity contribution in [2.45, 2.75) is 76.5 Å². The van der Waals surface area contributed by atoms with Crippen molar-refractivity contribution in [1.82, 2.24) is 14.8 Å². The molecule has 0 spiro atoms. The quantitative estimate of drug-likeness (QED) is 0.311. The molecule has 0 bridgehead atoms. The van der Waals surface area contributed by atoms with Gasteiger partial charge in [0.25, 0.3) is 5.91 Å². The third-order valence-electron chi connectivity index (χ3n) is 7.89. The molecule has 5 rings (SSSR count). The molecule has 6 heteroatoms. The number of nitrogens with one attached hydrogen (secondary N) is 1. The fourth-order valence-electron chi connectivity index (χ4n) is 5.80. The molecule has 198 valence electrons. The molecule has 2 aromatic heterocycles. The maximum atomic E-state index is 14.4. The number of thiophene rings is 1. The average Bonchev–Trinajstić information content (AvgIpc) is 3.50. The molecular weight excluding hydrogens is 490 g/mol. The maximum Gasteiger partial charge on any atom is 0.271 e. The fraction of sp³-hybridized carbons (Fsp3) is 0.375. The zero-order valence-electron chi connectivity index (χ0n) is 22.2. The zero-order valence-corrected chi connectivity index (χ0v) is 23.0. The van der Waals surface area contributed by atoms with Gasteiger partial charge in [-0.15, -0.1) is 11.3 Å². The highest BCUT2D eigenvalue weighted by molar-refractivity contribution is 7.19. The van der Waals surface area contributed by atoms with Crippen molar-refractivity contribution in [3.63, 3.8) is 0 Å². The van der Waals surface area contributed by atoms with E-state index in [-0.39, 0.29) is 17.9 Å². The first-order valence-corrected chi connectivity index (χ1v) is 14.6. The van der Waals surface area contributed by atoms with E-state index >= 15 is 0 Å². The number of fused-ring (bicyclic) bond motifs is 3. The standard InChI is InChI=1S/C32H37N3O2S/c1-3-5-6-7-14-19-32(31(37)33-25-17-12-9-13-18-25)23-34-27-20-26(4-2)38-29(27)21-28(34)30(36)35(32)22-24-15-10-8-11-16-24/h3,5-8,10-11,14-16,20-21,25H,1,4,9,12-13,17-19,22-23H2,2H3,(H,33,37)/b6-5-,14-7-. The Labute approximate surface area is 229 Å². The van der Waals surface area contributed by atoms with Gasteiger partial charge in [-0.1, -0.05) is 93.5 Å². The summed E-state index contributed by atoms with van der Waals surface area (Å²) in [6.45, 7) is 6.70. The predicted octanol–water partition coefficient (Wildman–Crippen LogP) is 6.80. The molecule has 1 unspecified atom stereocenters. The monoisotopic (exact) mass is 527 g/mol. The van der Waals surface area contributed by atoms with E-state index in [9.17, 15) is 9.59 Å². The summed E-state index contributed by atoms with van der Waals surface area (Å²) < 4.78 is 3.21. The molecule has 1 fully saturated rings. The van der Waals surface area contributed by atoms with Crippen molar-refractivity contribution in [3.05, 3.63) is 95.6 Å². The third-order valence-corrected chi connectivity index (χ3v) is 9.10. The largest absolute Gasteiger partial charge is 0.351 e. The Bertz CT molecular complexity index is 1360. The first kappa shape index (κ1) is 26.2. The van der Waals surface area contributed by atoms with E-state index in [1.807, 2.05) is 65.6 Å². The van der Waals surface area contributed by atoms with Crippen LogP contribution in [0.1, 0.15) is 66.4 Å². The molecule has 5 nitrogen and oxygen atoms in total. The second-order valence-corrected chi connectivity index (χ2v) is 11.6. The molecular formula is C32H37N3O2S. The number of hydrogen-bond donors (Lipinski definition) is 1. The van der Waals surface area contributed by atoms with Gasteiger partial charge in [-0.25, -0.2) is 0 Å². The predicted molar refractivity (Wildman–Crippen MR) is 156 cm³/mol. The van der Waals surface area contributed by atoms with E-state index in [2.05, 4.69) is 29.5 Å². The van der Waals surface area contributed by atoms with Crippen LogP contribution in [-0.4, -0.2) is 32.9 Å². The van der Waals surface area contributed by atoms with Gasteiger partial charge in [-0.2, -0.15) is 0 Å². The van der Waals surface area contributed by atoms with Crippen LogP contribution in [0.15, 0.2) is 79.4 Å². The first-order chi connectivity index (χ1) is 18.6. The Morgan fingerprint density at radius 2 is 1.92 bits per heavy atom. The van der Waals surface area contributed by atoms with Gasteiger partial charge < -0.3 is 14.8 Å². The van der Waals surface area contributed by atoms with Gasteiger partial charge in [0.15, 0.2) is 0 Å². The SMILES string of the molecule is C=C/C=C\C=C/CC1(C(=O)NC2CCCCC2)Cn2c(cc3sc(CC)cc32)C(=O)N1Cc1ccccc1. The van der Waals surface area contributed by atoms with E-state index in [0.29, 0.717) is 25.2 Å². The van der Waals surface area contributed by atoms with Gasteiger partial charge in [-0.3, -0.25) is 9.59 Å². The van der Waals surface area contributed by atoms with Crippen molar-refractivity contribution < 1.29 is 9.59 Å².